The molecule has 1 N–H and O–H groups in total. The summed E-state index contributed by atoms with van der Waals surface area (Å²) < 4.78 is 0. The first-order valence-electron chi connectivity index (χ1n) is 1.24. The SMILES string of the molecule is O=[C]NC=C=O. The molecule has 0 aliphatic carbocycles. The van der Waals surface area contributed by atoms with Gasteiger partial charge in [-0.2, -0.15) is 0 Å². The van der Waals surface area contributed by atoms with Gasteiger partial charge in [-0.15, -0.1) is 0 Å². The normalized spacial score (nSPS) is 5.33. The molecule has 0 aromatic heterocycles. The summed E-state index contributed by atoms with van der Waals surface area (Å²) in [7, 11) is 0. The average Bonchev–Trinajstić information content (AvgIpc) is 1.61. The van der Waals surface area contributed by atoms with Gasteiger partial charge in [-0.3, -0.25) is 4.79 Å². The van der Waals surface area contributed by atoms with Crippen LogP contribution in [0.2, 0.25) is 0 Å². The zero-order valence-electron chi connectivity index (χ0n) is 2.89. The molecule has 0 aromatic rings. The van der Waals surface area contributed by atoms with E-state index in [1.807, 2.05) is 5.32 Å². The van der Waals surface area contributed by atoms with E-state index in [0.29, 0.717) is 0 Å². The van der Waals surface area contributed by atoms with Gasteiger partial charge in [0.1, 0.15) is 5.94 Å². The molecular formula is C3H2NO2. The smallest absolute Gasteiger partial charge is 0.314 e. The van der Waals surface area contributed by atoms with Crippen LogP contribution < -0.4 is 5.32 Å². The van der Waals surface area contributed by atoms with Gasteiger partial charge < -0.3 is 5.32 Å². The lowest BCUT2D eigenvalue weighted by atomic mass is 11.0. The molecular weight excluding hydrogens is 82.0 g/mol. The van der Waals surface area contributed by atoms with Gasteiger partial charge >= 0.3 is 6.41 Å². The molecule has 0 aromatic carbocycles. The van der Waals surface area contributed by atoms with Crippen LogP contribution in [0.4, 0.5) is 0 Å². The molecule has 0 fully saturated rings. The van der Waals surface area contributed by atoms with Gasteiger partial charge in [0.2, 0.25) is 0 Å². The van der Waals surface area contributed by atoms with Gasteiger partial charge in [0, 0.05) is 0 Å². The Kier molecular flexibility index (Phi) is 3.21. The van der Waals surface area contributed by atoms with Gasteiger partial charge in [0.15, 0.2) is 0 Å². The Morgan fingerprint density at radius 2 is 2.17 bits per heavy atom. The Bertz CT molecular complexity index is 82.8. The van der Waals surface area contributed by atoms with E-state index in [-0.39, 0.29) is 0 Å². The van der Waals surface area contributed by atoms with Crippen LogP contribution in [0.25, 0.3) is 0 Å². The standard InChI is InChI=1S/C3H2NO2/c5-2-1-4-3-6/h1H,(H,4,6). The Morgan fingerprint density at radius 3 is 2.33 bits per heavy atom. The second-order valence-electron chi connectivity index (χ2n) is 0.509. The van der Waals surface area contributed by atoms with Gasteiger partial charge in [-0.25, -0.2) is 4.79 Å². The van der Waals surface area contributed by atoms with E-state index in [1.165, 1.54) is 12.4 Å². The zero-order chi connectivity index (χ0) is 4.83. The predicted molar refractivity (Wildman–Crippen MR) is 19.1 cm³/mol. The van der Waals surface area contributed by atoms with Crippen LogP contribution in [0, 0.1) is 0 Å². The molecule has 0 unspecified atom stereocenters. The summed E-state index contributed by atoms with van der Waals surface area (Å²) >= 11 is 0. The third-order valence-corrected chi connectivity index (χ3v) is 0.190. The van der Waals surface area contributed by atoms with Crippen LogP contribution >= 0.6 is 0 Å². The molecule has 0 aliphatic heterocycles. The third kappa shape index (κ3) is 2.92. The molecule has 31 valence electrons. The molecule has 0 atom stereocenters. The number of amides is 1. The summed E-state index contributed by atoms with van der Waals surface area (Å²) in [5.74, 6) is 1.32. The molecule has 0 bridgehead atoms. The molecule has 3 nitrogen and oxygen atoms in total. The minimum Gasteiger partial charge on any atom is -0.315 e. The second-order valence-corrected chi connectivity index (χ2v) is 0.509. The van der Waals surface area contributed by atoms with Crippen LogP contribution in [-0.4, -0.2) is 12.4 Å². The number of hydrogen-bond donors (Lipinski definition) is 1. The minimum absolute atomic E-state index is 0.826. The minimum atomic E-state index is 0.826. The van der Waals surface area contributed by atoms with Gasteiger partial charge in [-0.05, 0) is 0 Å². The zero-order valence-corrected chi connectivity index (χ0v) is 2.89. The van der Waals surface area contributed by atoms with Crippen molar-refractivity contribution in [3.63, 3.8) is 0 Å². The highest BCUT2D eigenvalue weighted by molar-refractivity contribution is 5.55. The van der Waals surface area contributed by atoms with E-state index in [2.05, 4.69) is 0 Å². The van der Waals surface area contributed by atoms with E-state index in [1.54, 1.807) is 0 Å². The second kappa shape index (κ2) is 3.92. The first-order chi connectivity index (χ1) is 2.91. The Labute approximate surface area is 34.7 Å². The maximum Gasteiger partial charge on any atom is 0.314 e. The van der Waals surface area contributed by atoms with Crippen molar-refractivity contribution in [1.29, 1.82) is 0 Å². The fraction of sp³-hybridized carbons (Fsp3) is 0. The lowest BCUT2D eigenvalue weighted by Gasteiger charge is -1.65. The lowest BCUT2D eigenvalue weighted by Crippen LogP contribution is -1.97. The largest absolute Gasteiger partial charge is 0.315 e. The highest BCUT2D eigenvalue weighted by atomic mass is 16.1. The van der Waals surface area contributed by atoms with E-state index >= 15 is 0 Å². The number of hydrogen-bond acceptors (Lipinski definition) is 2. The molecule has 1 amide bonds. The van der Waals surface area contributed by atoms with E-state index in [4.69, 9.17) is 9.59 Å². The van der Waals surface area contributed by atoms with Crippen molar-refractivity contribution in [2.24, 2.45) is 0 Å². The predicted octanol–water partition coefficient (Wildman–Crippen LogP) is -1.01. The third-order valence-electron chi connectivity index (χ3n) is 0.190. The average molecular weight is 84.1 g/mol. The summed E-state index contributed by atoms with van der Waals surface area (Å²) in [6.07, 6.45) is 2.08. The fourth-order valence-corrected chi connectivity index (χ4v) is 0.0589. The van der Waals surface area contributed by atoms with Gasteiger partial charge in [-0.1, -0.05) is 0 Å². The van der Waals surface area contributed by atoms with Crippen LogP contribution in [0.3, 0.4) is 0 Å². The molecule has 0 saturated carbocycles. The fourth-order valence-electron chi connectivity index (χ4n) is 0.0589. The van der Waals surface area contributed by atoms with Crippen molar-refractivity contribution < 1.29 is 9.59 Å². The number of rotatable bonds is 2. The van der Waals surface area contributed by atoms with Crippen LogP contribution in [-0.2, 0) is 9.59 Å². The van der Waals surface area contributed by atoms with Crippen molar-refractivity contribution in [2.75, 3.05) is 0 Å². The van der Waals surface area contributed by atoms with Crippen molar-refractivity contribution >= 4 is 12.4 Å². The molecule has 0 aliphatic rings. The summed E-state index contributed by atoms with van der Waals surface area (Å²) in [6.45, 7) is 0. The molecule has 0 heterocycles. The van der Waals surface area contributed by atoms with Crippen molar-refractivity contribution in [1.82, 2.24) is 5.32 Å². The quantitative estimate of drug-likeness (QED) is 0.344. The van der Waals surface area contributed by atoms with Crippen LogP contribution in [0.1, 0.15) is 0 Å². The first-order valence-corrected chi connectivity index (χ1v) is 1.24. The van der Waals surface area contributed by atoms with E-state index in [0.717, 1.165) is 6.20 Å². The maximum atomic E-state index is 9.14. The number of nitrogens with one attached hydrogen (secondary N) is 1. The Hall–Kier alpha value is -1.08. The summed E-state index contributed by atoms with van der Waals surface area (Å²) in [5.41, 5.74) is 0. The Balaban J connectivity index is 3.07. The molecule has 6 heavy (non-hydrogen) atoms. The summed E-state index contributed by atoms with van der Waals surface area (Å²) in [5, 5.41) is 1.84. The Morgan fingerprint density at radius 1 is 1.50 bits per heavy atom. The molecule has 0 rings (SSSR count). The summed E-state index contributed by atoms with van der Waals surface area (Å²) in [4.78, 5) is 18.3. The van der Waals surface area contributed by atoms with Crippen molar-refractivity contribution in [3.05, 3.63) is 6.20 Å². The highest BCUT2D eigenvalue weighted by Crippen LogP contribution is 1.34. The monoisotopic (exact) mass is 84.0 g/mol. The highest BCUT2D eigenvalue weighted by Gasteiger charge is 1.60. The van der Waals surface area contributed by atoms with Crippen molar-refractivity contribution in [3.8, 4) is 0 Å². The first kappa shape index (κ1) is 4.92. The lowest BCUT2D eigenvalue weighted by molar-refractivity contribution is 0.548. The van der Waals surface area contributed by atoms with Gasteiger partial charge in [0.05, 0.1) is 6.20 Å². The topological polar surface area (TPSA) is 46.2 Å². The molecule has 1 radical (unpaired) electrons. The van der Waals surface area contributed by atoms with E-state index in [9.17, 15) is 0 Å². The number of carbonyl (C=O) groups excluding carboxylic acids is 2. The van der Waals surface area contributed by atoms with E-state index < -0.39 is 0 Å². The molecule has 0 saturated heterocycles. The maximum absolute atomic E-state index is 9.14. The summed E-state index contributed by atoms with van der Waals surface area (Å²) in [6, 6.07) is 0. The van der Waals surface area contributed by atoms with Crippen molar-refractivity contribution in [2.45, 2.75) is 0 Å². The van der Waals surface area contributed by atoms with Crippen LogP contribution in [0.5, 0.6) is 0 Å². The van der Waals surface area contributed by atoms with Gasteiger partial charge in [0.25, 0.3) is 0 Å². The molecule has 3 heteroatoms. The molecule has 0 spiro atoms. The van der Waals surface area contributed by atoms with Crippen LogP contribution in [0.15, 0.2) is 6.20 Å².